The van der Waals surface area contributed by atoms with Gasteiger partial charge in [-0.05, 0) is 30.7 Å². The van der Waals surface area contributed by atoms with Crippen molar-refractivity contribution in [3.63, 3.8) is 0 Å². The lowest BCUT2D eigenvalue weighted by atomic mass is 10.2. The number of aromatic nitrogens is 2. The summed E-state index contributed by atoms with van der Waals surface area (Å²) < 4.78 is 6.92. The van der Waals surface area contributed by atoms with Crippen LogP contribution in [0.4, 0.5) is 0 Å². The van der Waals surface area contributed by atoms with E-state index in [1.54, 1.807) is 11.8 Å². The molecule has 0 atom stereocenters. The lowest BCUT2D eigenvalue weighted by Gasteiger charge is -2.08. The predicted octanol–water partition coefficient (Wildman–Crippen LogP) is 2.67. The van der Waals surface area contributed by atoms with Crippen molar-refractivity contribution in [2.45, 2.75) is 20.0 Å². The van der Waals surface area contributed by atoms with E-state index in [0.717, 1.165) is 27.9 Å². The van der Waals surface area contributed by atoms with Gasteiger partial charge in [0.25, 0.3) is 0 Å². The average molecular weight is 309 g/mol. The van der Waals surface area contributed by atoms with E-state index in [9.17, 15) is 4.79 Å². The summed E-state index contributed by atoms with van der Waals surface area (Å²) in [7, 11) is 1.63. The van der Waals surface area contributed by atoms with E-state index in [4.69, 9.17) is 4.74 Å². The number of amides is 1. The van der Waals surface area contributed by atoms with Crippen LogP contribution in [0.2, 0.25) is 0 Å². The fourth-order valence-corrected chi connectivity index (χ4v) is 2.59. The molecule has 0 saturated carbocycles. The molecule has 0 aliphatic heterocycles. The number of nitrogens with zero attached hydrogens (tertiary/aromatic N) is 2. The van der Waals surface area contributed by atoms with Crippen molar-refractivity contribution in [2.75, 3.05) is 7.11 Å². The molecule has 5 heteroatoms. The Kier molecular flexibility index (Phi) is 4.28. The molecule has 0 aliphatic rings. The second-order valence-corrected chi connectivity index (χ2v) is 5.39. The minimum atomic E-state index is -0.0685. The quantitative estimate of drug-likeness (QED) is 0.788. The molecular weight excluding hydrogens is 290 g/mol. The number of methoxy groups -OCH3 is 1. The number of hydrogen-bond donors (Lipinski definition) is 1. The molecule has 23 heavy (non-hydrogen) atoms. The molecule has 1 heterocycles. The number of para-hydroxylation sites is 1. The van der Waals surface area contributed by atoms with E-state index in [1.165, 1.54) is 0 Å². The van der Waals surface area contributed by atoms with E-state index < -0.39 is 0 Å². The SMILES string of the molecule is COc1cccc(CNC(=O)Cn2nc(C)c3ccccc32)c1. The van der Waals surface area contributed by atoms with E-state index in [0.29, 0.717) is 6.54 Å². The number of benzene rings is 2. The fraction of sp³-hybridized carbons (Fsp3) is 0.222. The minimum absolute atomic E-state index is 0.0685. The van der Waals surface area contributed by atoms with Gasteiger partial charge in [0.15, 0.2) is 0 Å². The van der Waals surface area contributed by atoms with Crippen LogP contribution in [-0.4, -0.2) is 22.8 Å². The highest BCUT2D eigenvalue weighted by Gasteiger charge is 2.10. The number of carbonyl (C=O) groups excluding carboxylic acids is 1. The normalized spacial score (nSPS) is 10.7. The van der Waals surface area contributed by atoms with Crippen LogP contribution in [0.25, 0.3) is 10.9 Å². The number of carbonyl (C=O) groups is 1. The molecular formula is C18H19N3O2. The molecule has 0 radical (unpaired) electrons. The van der Waals surface area contributed by atoms with Crippen molar-refractivity contribution in [3.05, 3.63) is 59.8 Å². The summed E-state index contributed by atoms with van der Waals surface area (Å²) in [6, 6.07) is 15.6. The van der Waals surface area contributed by atoms with Crippen molar-refractivity contribution < 1.29 is 9.53 Å². The Bertz CT molecular complexity index is 839. The third-order valence-corrected chi connectivity index (χ3v) is 3.76. The van der Waals surface area contributed by atoms with Crippen LogP contribution in [0.3, 0.4) is 0 Å². The highest BCUT2D eigenvalue weighted by Crippen LogP contribution is 2.17. The summed E-state index contributed by atoms with van der Waals surface area (Å²) in [6.07, 6.45) is 0. The zero-order valence-electron chi connectivity index (χ0n) is 13.2. The first kappa shape index (κ1) is 15.1. The van der Waals surface area contributed by atoms with Gasteiger partial charge in [0.1, 0.15) is 12.3 Å². The molecule has 2 aromatic carbocycles. The monoisotopic (exact) mass is 309 g/mol. The number of rotatable bonds is 5. The Morgan fingerprint density at radius 2 is 2.04 bits per heavy atom. The number of ether oxygens (including phenoxy) is 1. The standard InChI is InChI=1S/C18H19N3O2/c1-13-16-8-3-4-9-17(16)21(20-13)12-18(22)19-11-14-6-5-7-15(10-14)23-2/h3-10H,11-12H2,1-2H3,(H,19,22). The Labute approximate surface area is 134 Å². The van der Waals surface area contributed by atoms with Crippen molar-refractivity contribution in [2.24, 2.45) is 0 Å². The molecule has 0 spiro atoms. The third-order valence-electron chi connectivity index (χ3n) is 3.76. The summed E-state index contributed by atoms with van der Waals surface area (Å²) in [6.45, 7) is 2.62. The van der Waals surface area contributed by atoms with Crippen LogP contribution < -0.4 is 10.1 Å². The second-order valence-electron chi connectivity index (χ2n) is 5.39. The molecule has 0 saturated heterocycles. The van der Waals surface area contributed by atoms with Gasteiger partial charge in [-0.1, -0.05) is 30.3 Å². The summed E-state index contributed by atoms with van der Waals surface area (Å²) >= 11 is 0. The topological polar surface area (TPSA) is 56.1 Å². The van der Waals surface area contributed by atoms with Gasteiger partial charge in [0, 0.05) is 11.9 Å². The Balaban J connectivity index is 1.67. The predicted molar refractivity (Wildman–Crippen MR) is 89.3 cm³/mol. The maximum Gasteiger partial charge on any atom is 0.242 e. The van der Waals surface area contributed by atoms with Gasteiger partial charge in [-0.3, -0.25) is 9.48 Å². The Morgan fingerprint density at radius 1 is 1.22 bits per heavy atom. The van der Waals surface area contributed by atoms with Gasteiger partial charge in [0.2, 0.25) is 5.91 Å². The van der Waals surface area contributed by atoms with E-state index in [2.05, 4.69) is 10.4 Å². The highest BCUT2D eigenvalue weighted by atomic mass is 16.5. The molecule has 0 bridgehead atoms. The third kappa shape index (κ3) is 3.34. The second kappa shape index (κ2) is 6.52. The molecule has 1 aromatic heterocycles. The van der Waals surface area contributed by atoms with Crippen LogP contribution in [-0.2, 0) is 17.9 Å². The van der Waals surface area contributed by atoms with Crippen LogP contribution in [0.15, 0.2) is 48.5 Å². The first-order valence-corrected chi connectivity index (χ1v) is 7.49. The number of aryl methyl sites for hydroxylation is 1. The van der Waals surface area contributed by atoms with Gasteiger partial charge < -0.3 is 10.1 Å². The van der Waals surface area contributed by atoms with Crippen molar-refractivity contribution in [1.29, 1.82) is 0 Å². The van der Waals surface area contributed by atoms with E-state index >= 15 is 0 Å². The lowest BCUT2D eigenvalue weighted by molar-refractivity contribution is -0.121. The number of nitrogens with one attached hydrogen (secondary N) is 1. The Morgan fingerprint density at radius 3 is 2.87 bits per heavy atom. The Hall–Kier alpha value is -2.82. The van der Waals surface area contributed by atoms with Gasteiger partial charge >= 0.3 is 0 Å². The molecule has 1 N–H and O–H groups in total. The summed E-state index contributed by atoms with van der Waals surface area (Å²) in [5.41, 5.74) is 2.90. The maximum absolute atomic E-state index is 12.2. The first-order chi connectivity index (χ1) is 11.2. The van der Waals surface area contributed by atoms with E-state index in [1.807, 2.05) is 55.5 Å². The average Bonchev–Trinajstić information content (AvgIpc) is 2.89. The van der Waals surface area contributed by atoms with Crippen molar-refractivity contribution in [1.82, 2.24) is 15.1 Å². The van der Waals surface area contributed by atoms with Crippen LogP contribution >= 0.6 is 0 Å². The zero-order valence-corrected chi connectivity index (χ0v) is 13.2. The minimum Gasteiger partial charge on any atom is -0.497 e. The molecule has 3 rings (SSSR count). The molecule has 0 unspecified atom stereocenters. The molecule has 1 amide bonds. The summed E-state index contributed by atoms with van der Waals surface area (Å²) in [5, 5.41) is 8.44. The summed E-state index contributed by atoms with van der Waals surface area (Å²) in [5.74, 6) is 0.714. The smallest absolute Gasteiger partial charge is 0.242 e. The molecule has 0 fully saturated rings. The number of fused-ring (bicyclic) bond motifs is 1. The first-order valence-electron chi connectivity index (χ1n) is 7.49. The lowest BCUT2D eigenvalue weighted by Crippen LogP contribution is -2.27. The van der Waals surface area contributed by atoms with Gasteiger partial charge in [-0.2, -0.15) is 5.10 Å². The molecule has 5 nitrogen and oxygen atoms in total. The van der Waals surface area contributed by atoms with Crippen molar-refractivity contribution in [3.8, 4) is 5.75 Å². The molecule has 3 aromatic rings. The van der Waals surface area contributed by atoms with Crippen LogP contribution in [0.5, 0.6) is 5.75 Å². The van der Waals surface area contributed by atoms with Gasteiger partial charge in [0.05, 0.1) is 18.3 Å². The van der Waals surface area contributed by atoms with Crippen LogP contribution in [0.1, 0.15) is 11.3 Å². The number of hydrogen-bond acceptors (Lipinski definition) is 3. The van der Waals surface area contributed by atoms with Crippen LogP contribution in [0, 0.1) is 6.92 Å². The largest absolute Gasteiger partial charge is 0.497 e. The fourth-order valence-electron chi connectivity index (χ4n) is 2.59. The summed E-state index contributed by atoms with van der Waals surface area (Å²) in [4.78, 5) is 12.2. The molecule has 118 valence electrons. The van der Waals surface area contributed by atoms with Gasteiger partial charge in [-0.25, -0.2) is 0 Å². The maximum atomic E-state index is 12.2. The highest BCUT2D eigenvalue weighted by molar-refractivity contribution is 5.84. The molecule has 0 aliphatic carbocycles. The van der Waals surface area contributed by atoms with E-state index in [-0.39, 0.29) is 12.5 Å². The zero-order chi connectivity index (χ0) is 16.2. The van der Waals surface area contributed by atoms with Gasteiger partial charge in [-0.15, -0.1) is 0 Å². The van der Waals surface area contributed by atoms with Crippen molar-refractivity contribution >= 4 is 16.8 Å².